The Bertz CT molecular complexity index is 216. The highest BCUT2D eigenvalue weighted by atomic mass is 28.3. The zero-order valence-electron chi connectivity index (χ0n) is 11.9. The zero-order valence-corrected chi connectivity index (χ0v) is 13.1. The average Bonchev–Trinajstić information content (AvgIpc) is 2.79. The second kappa shape index (κ2) is 5.19. The predicted molar refractivity (Wildman–Crippen MR) is 71.3 cm³/mol. The lowest BCUT2D eigenvalue weighted by atomic mass is 9.70. The molecule has 1 aliphatic heterocycles. The third kappa shape index (κ3) is 3.86. The van der Waals surface area contributed by atoms with Crippen LogP contribution in [0.3, 0.4) is 0 Å². The van der Waals surface area contributed by atoms with Gasteiger partial charge in [-0.05, 0) is 30.3 Å². The van der Waals surface area contributed by atoms with Crippen LogP contribution in [0.4, 0.5) is 0 Å². The van der Waals surface area contributed by atoms with Gasteiger partial charge in [0.25, 0.3) is 0 Å². The summed E-state index contributed by atoms with van der Waals surface area (Å²) >= 11 is 0. The lowest BCUT2D eigenvalue weighted by Gasteiger charge is -2.40. The average molecular weight is 244 g/mol. The van der Waals surface area contributed by atoms with Gasteiger partial charge in [0.1, 0.15) is 6.10 Å². The topological polar surface area (TPSA) is 21.8 Å². The Labute approximate surface area is 102 Å². The molecule has 0 aromatic carbocycles. The fourth-order valence-electron chi connectivity index (χ4n) is 2.84. The van der Waals surface area contributed by atoms with Gasteiger partial charge in [0.05, 0.1) is 12.7 Å². The maximum atomic E-state index is 6.24. The first-order valence-corrected chi connectivity index (χ1v) is 9.28. The highest BCUT2D eigenvalue weighted by Crippen LogP contribution is 2.40. The van der Waals surface area contributed by atoms with Gasteiger partial charge in [-0.25, -0.2) is 0 Å². The van der Waals surface area contributed by atoms with Gasteiger partial charge in [-0.3, -0.25) is 0 Å². The molecular formula is C13H28O2Si. The van der Waals surface area contributed by atoms with E-state index in [4.69, 9.17) is 9.16 Å². The summed E-state index contributed by atoms with van der Waals surface area (Å²) in [4.78, 5) is 0. The predicted octanol–water partition coefficient (Wildman–Crippen LogP) is 3.07. The van der Waals surface area contributed by atoms with Gasteiger partial charge in [0.15, 0.2) is 9.04 Å². The third-order valence-electron chi connectivity index (χ3n) is 3.23. The molecule has 1 heterocycles. The highest BCUT2D eigenvalue weighted by Gasteiger charge is 2.44. The Kier molecular flexibility index (Phi) is 4.61. The van der Waals surface area contributed by atoms with Crippen LogP contribution < -0.4 is 0 Å². The van der Waals surface area contributed by atoms with Crippen molar-refractivity contribution in [3.05, 3.63) is 0 Å². The minimum Gasteiger partial charge on any atom is -0.415 e. The molecule has 0 bridgehead atoms. The molecule has 0 spiro atoms. The van der Waals surface area contributed by atoms with Gasteiger partial charge < -0.3 is 9.16 Å². The van der Waals surface area contributed by atoms with E-state index in [0.717, 1.165) is 6.61 Å². The molecule has 1 rings (SSSR count). The van der Waals surface area contributed by atoms with Gasteiger partial charge >= 0.3 is 0 Å². The minimum absolute atomic E-state index is 0.286. The Balaban J connectivity index is 2.79. The maximum absolute atomic E-state index is 6.24. The molecule has 16 heavy (non-hydrogen) atoms. The fraction of sp³-hybridized carbons (Fsp3) is 1.00. The van der Waals surface area contributed by atoms with Crippen molar-refractivity contribution in [2.75, 3.05) is 6.61 Å². The first kappa shape index (κ1) is 14.2. The number of epoxide rings is 1. The molecule has 2 nitrogen and oxygen atoms in total. The monoisotopic (exact) mass is 244 g/mol. The molecule has 1 aliphatic rings. The molecular weight excluding hydrogens is 216 g/mol. The van der Waals surface area contributed by atoms with Crippen LogP contribution in [0.15, 0.2) is 0 Å². The van der Waals surface area contributed by atoms with E-state index >= 15 is 0 Å². The van der Waals surface area contributed by atoms with Crippen LogP contribution in [-0.4, -0.2) is 27.9 Å². The van der Waals surface area contributed by atoms with Gasteiger partial charge in [0.2, 0.25) is 0 Å². The maximum Gasteiger partial charge on any atom is 0.171 e. The van der Waals surface area contributed by atoms with Crippen LogP contribution in [-0.2, 0) is 9.16 Å². The van der Waals surface area contributed by atoms with Crippen molar-refractivity contribution >= 4 is 9.04 Å². The summed E-state index contributed by atoms with van der Waals surface area (Å²) in [5, 5.41) is 0. The molecule has 0 N–H and O–H groups in total. The molecule has 0 saturated carbocycles. The lowest BCUT2D eigenvalue weighted by Crippen LogP contribution is -2.43. The number of hydrogen-bond acceptors (Lipinski definition) is 2. The van der Waals surface area contributed by atoms with Crippen LogP contribution in [0.1, 0.15) is 34.6 Å². The Hall–Kier alpha value is 0.137. The highest BCUT2D eigenvalue weighted by molar-refractivity contribution is 6.48. The quantitative estimate of drug-likeness (QED) is 0.547. The van der Waals surface area contributed by atoms with Crippen LogP contribution in [0, 0.1) is 17.3 Å². The van der Waals surface area contributed by atoms with Crippen molar-refractivity contribution in [2.45, 2.75) is 59.9 Å². The van der Waals surface area contributed by atoms with Crippen LogP contribution in [0.5, 0.6) is 0 Å². The molecule has 96 valence electrons. The molecule has 3 heteroatoms. The minimum atomic E-state index is -0.994. The summed E-state index contributed by atoms with van der Waals surface area (Å²) in [6, 6.07) is 0. The Morgan fingerprint density at radius 2 is 1.75 bits per heavy atom. The molecule has 3 atom stereocenters. The summed E-state index contributed by atoms with van der Waals surface area (Å²) < 4.78 is 11.7. The van der Waals surface area contributed by atoms with E-state index in [9.17, 15) is 0 Å². The van der Waals surface area contributed by atoms with Crippen LogP contribution in [0.2, 0.25) is 13.1 Å². The van der Waals surface area contributed by atoms with Gasteiger partial charge in [-0.1, -0.05) is 34.6 Å². The molecule has 0 aromatic rings. The van der Waals surface area contributed by atoms with E-state index in [1.165, 1.54) is 0 Å². The number of hydrogen-bond donors (Lipinski definition) is 0. The van der Waals surface area contributed by atoms with Crippen molar-refractivity contribution < 1.29 is 9.16 Å². The summed E-state index contributed by atoms with van der Waals surface area (Å²) in [7, 11) is -0.994. The molecule has 0 radical (unpaired) electrons. The van der Waals surface area contributed by atoms with Crippen molar-refractivity contribution in [1.29, 1.82) is 0 Å². The van der Waals surface area contributed by atoms with Crippen LogP contribution in [0.25, 0.3) is 0 Å². The summed E-state index contributed by atoms with van der Waals surface area (Å²) in [5.74, 6) is 1.22. The standard InChI is InChI=1S/C13H28O2Si/c1-9(2)11(13(3,4)5)12(10-8-14-10)15-16(6)7/h9-12,16H,8H2,1-7H3. The van der Waals surface area contributed by atoms with E-state index in [2.05, 4.69) is 47.7 Å². The summed E-state index contributed by atoms with van der Waals surface area (Å²) in [6.07, 6.45) is 0.674. The second-order valence-corrected chi connectivity index (χ2v) is 9.03. The number of rotatable bonds is 5. The van der Waals surface area contributed by atoms with Crippen molar-refractivity contribution in [2.24, 2.45) is 17.3 Å². The van der Waals surface area contributed by atoms with E-state index in [1.807, 2.05) is 0 Å². The van der Waals surface area contributed by atoms with Gasteiger partial charge in [0, 0.05) is 0 Å². The van der Waals surface area contributed by atoms with E-state index in [0.29, 0.717) is 24.0 Å². The van der Waals surface area contributed by atoms with Crippen molar-refractivity contribution in [1.82, 2.24) is 0 Å². The second-order valence-electron chi connectivity index (χ2n) is 6.66. The molecule has 0 amide bonds. The smallest absolute Gasteiger partial charge is 0.171 e. The first-order valence-electron chi connectivity index (χ1n) is 6.50. The molecule has 1 fully saturated rings. The molecule has 1 saturated heterocycles. The van der Waals surface area contributed by atoms with Crippen molar-refractivity contribution in [3.8, 4) is 0 Å². The van der Waals surface area contributed by atoms with E-state index < -0.39 is 9.04 Å². The molecule has 3 unspecified atom stereocenters. The lowest BCUT2D eigenvalue weighted by molar-refractivity contribution is 0.0123. The fourth-order valence-corrected chi connectivity index (χ4v) is 3.81. The Morgan fingerprint density at radius 3 is 2.00 bits per heavy atom. The first-order chi connectivity index (χ1) is 7.23. The summed E-state index contributed by atoms with van der Waals surface area (Å²) in [5.41, 5.74) is 0.286. The van der Waals surface area contributed by atoms with Gasteiger partial charge in [-0.15, -0.1) is 0 Å². The Morgan fingerprint density at radius 1 is 1.25 bits per heavy atom. The normalized spacial score (nSPS) is 24.9. The zero-order chi connectivity index (χ0) is 12.5. The molecule has 0 aromatic heterocycles. The third-order valence-corrected chi connectivity index (χ3v) is 4.09. The summed E-state index contributed by atoms with van der Waals surface area (Å²) in [6.45, 7) is 16.9. The largest absolute Gasteiger partial charge is 0.415 e. The molecule has 0 aliphatic carbocycles. The van der Waals surface area contributed by atoms with E-state index in [-0.39, 0.29) is 5.41 Å². The van der Waals surface area contributed by atoms with Crippen LogP contribution >= 0.6 is 0 Å². The van der Waals surface area contributed by atoms with E-state index in [1.54, 1.807) is 0 Å². The number of ether oxygens (including phenoxy) is 1. The van der Waals surface area contributed by atoms with Crippen molar-refractivity contribution in [3.63, 3.8) is 0 Å². The van der Waals surface area contributed by atoms with Gasteiger partial charge in [-0.2, -0.15) is 0 Å². The SMILES string of the molecule is CC(C)C(C(O[SiH](C)C)C1CO1)C(C)(C)C.